The molecule has 0 spiro atoms. The molecule has 7 nitrogen and oxygen atoms in total. The van der Waals surface area contributed by atoms with E-state index in [1.807, 2.05) is 10.9 Å². The van der Waals surface area contributed by atoms with Gasteiger partial charge in [0.05, 0.1) is 22.4 Å². The maximum absolute atomic E-state index is 11.8. The number of aromatic nitrogens is 5. The van der Waals surface area contributed by atoms with E-state index in [1.165, 1.54) is 22.8 Å². The van der Waals surface area contributed by atoms with Crippen molar-refractivity contribution in [3.8, 4) is 16.5 Å². The molecule has 0 radical (unpaired) electrons. The van der Waals surface area contributed by atoms with Crippen molar-refractivity contribution in [2.24, 2.45) is 0 Å². The molecule has 2 unspecified atom stereocenters. The Bertz CT molecular complexity index is 1070. The third-order valence-corrected chi connectivity index (χ3v) is 6.68. The Morgan fingerprint density at radius 2 is 2.22 bits per heavy atom. The van der Waals surface area contributed by atoms with Crippen LogP contribution in [0.25, 0.3) is 16.5 Å². The third-order valence-electron chi connectivity index (χ3n) is 5.25. The van der Waals surface area contributed by atoms with E-state index in [1.54, 1.807) is 17.5 Å². The van der Waals surface area contributed by atoms with E-state index in [9.17, 15) is 4.91 Å². The van der Waals surface area contributed by atoms with Crippen LogP contribution in [-0.2, 0) is 16.6 Å². The molecule has 27 heavy (non-hydrogen) atoms. The first-order chi connectivity index (χ1) is 12.9. The summed E-state index contributed by atoms with van der Waals surface area (Å²) in [5.74, 6) is 0.636. The van der Waals surface area contributed by atoms with Gasteiger partial charge < -0.3 is 9.72 Å². The van der Waals surface area contributed by atoms with Gasteiger partial charge in [0.2, 0.25) is 12.0 Å². The standard InChI is InChI=1S/C19H22N5O2S/c1-19(2,3)14-9-21-18(27-14)16-12-8-11-4-5-13(26-11)17(12)24(22-16)15-10-23(25)7-6-20-15/h6-7,9-11,13H,4-5,8H2,1-3H3,(H,20,25)/q+1. The molecule has 8 heteroatoms. The minimum absolute atomic E-state index is 0.0238. The number of nitrogens with zero attached hydrogens (tertiary/aromatic N) is 4. The van der Waals surface area contributed by atoms with Gasteiger partial charge in [-0.05, 0) is 18.3 Å². The van der Waals surface area contributed by atoms with E-state index < -0.39 is 0 Å². The third kappa shape index (κ3) is 2.74. The first-order valence-corrected chi connectivity index (χ1v) is 10.1. The Balaban J connectivity index is 1.70. The van der Waals surface area contributed by atoms with Gasteiger partial charge in [0.25, 0.3) is 6.20 Å². The van der Waals surface area contributed by atoms with Crippen LogP contribution >= 0.6 is 11.3 Å². The predicted molar refractivity (Wildman–Crippen MR) is 102 cm³/mol. The number of H-pyrrole nitrogens is 1. The maximum atomic E-state index is 11.8. The molecule has 0 aromatic carbocycles. The summed E-state index contributed by atoms with van der Waals surface area (Å²) in [7, 11) is 0. The summed E-state index contributed by atoms with van der Waals surface area (Å²) in [4.78, 5) is 20.8. The molecule has 3 aromatic heterocycles. The smallest absolute Gasteiger partial charge is 0.270 e. The Kier molecular flexibility index (Phi) is 3.64. The molecule has 1 fully saturated rings. The fraction of sp³-hybridized carbons (Fsp3) is 0.474. The number of hydrogen-bond donors (Lipinski definition) is 1. The zero-order valence-electron chi connectivity index (χ0n) is 15.6. The molecule has 0 amide bonds. The normalized spacial score (nSPS) is 21.4. The van der Waals surface area contributed by atoms with Crippen LogP contribution in [0.1, 0.15) is 55.9 Å². The van der Waals surface area contributed by atoms with Crippen molar-refractivity contribution in [3.05, 3.63) is 45.8 Å². The van der Waals surface area contributed by atoms with Gasteiger partial charge in [0.15, 0.2) is 0 Å². The van der Waals surface area contributed by atoms with Crippen LogP contribution in [0.15, 0.2) is 24.8 Å². The maximum Gasteiger partial charge on any atom is 0.270 e. The van der Waals surface area contributed by atoms with Crippen molar-refractivity contribution in [3.63, 3.8) is 0 Å². The monoisotopic (exact) mass is 384 g/mol. The highest BCUT2D eigenvalue weighted by molar-refractivity contribution is 7.15. The second kappa shape index (κ2) is 5.84. The molecule has 1 N–H and O–H groups in total. The topological polar surface area (TPSA) is 78.7 Å². The molecule has 2 aliphatic heterocycles. The molecule has 2 aliphatic rings. The average Bonchev–Trinajstić information content (AvgIpc) is 3.32. The first kappa shape index (κ1) is 16.8. The van der Waals surface area contributed by atoms with Crippen molar-refractivity contribution in [2.45, 2.75) is 57.7 Å². The Hall–Kier alpha value is -2.32. The predicted octanol–water partition coefficient (Wildman–Crippen LogP) is 3.31. The summed E-state index contributed by atoms with van der Waals surface area (Å²) in [6.07, 6.45) is 9.68. The summed E-state index contributed by atoms with van der Waals surface area (Å²) in [6, 6.07) is 0. The molecular weight excluding hydrogens is 362 g/mol. The van der Waals surface area contributed by atoms with E-state index >= 15 is 0 Å². The molecular formula is C19H22N5O2S+. The van der Waals surface area contributed by atoms with Gasteiger partial charge >= 0.3 is 0 Å². The van der Waals surface area contributed by atoms with Crippen molar-refractivity contribution >= 4 is 11.3 Å². The number of ether oxygens (including phenoxy) is 1. The fourth-order valence-electron chi connectivity index (χ4n) is 3.88. The van der Waals surface area contributed by atoms with Gasteiger partial charge in [-0.25, -0.2) is 9.67 Å². The van der Waals surface area contributed by atoms with Gasteiger partial charge in [-0.1, -0.05) is 20.8 Å². The molecule has 5 heterocycles. The molecule has 2 atom stereocenters. The number of hydrogen-bond acceptors (Lipinski definition) is 5. The van der Waals surface area contributed by atoms with E-state index in [-0.39, 0.29) is 17.6 Å². The Morgan fingerprint density at radius 3 is 2.96 bits per heavy atom. The van der Waals surface area contributed by atoms with Crippen LogP contribution in [0.2, 0.25) is 0 Å². The second-order valence-electron chi connectivity index (χ2n) is 8.27. The van der Waals surface area contributed by atoms with Gasteiger partial charge in [-0.15, -0.1) is 11.3 Å². The SMILES string of the molecule is CC(C)(C)c1cnc(-c2nn(-c3c[n+](=O)cc[nH]3)c3c2CC2CCC3O2)s1. The molecule has 0 saturated carbocycles. The van der Waals surface area contributed by atoms with Crippen LogP contribution < -0.4 is 4.43 Å². The zero-order valence-corrected chi connectivity index (χ0v) is 16.4. The van der Waals surface area contributed by atoms with Crippen LogP contribution in [-0.4, -0.2) is 25.9 Å². The molecule has 1 saturated heterocycles. The van der Waals surface area contributed by atoms with Crippen LogP contribution in [0.3, 0.4) is 0 Å². The van der Waals surface area contributed by atoms with Gasteiger partial charge in [0, 0.05) is 28.0 Å². The Morgan fingerprint density at radius 1 is 1.37 bits per heavy atom. The first-order valence-electron chi connectivity index (χ1n) is 9.25. The van der Waals surface area contributed by atoms with Crippen LogP contribution in [0, 0.1) is 4.91 Å². The summed E-state index contributed by atoms with van der Waals surface area (Å²) >= 11 is 1.70. The molecule has 5 rings (SSSR count). The zero-order chi connectivity index (χ0) is 18.8. The number of nitrogens with one attached hydrogen (secondary N) is 1. The molecule has 140 valence electrons. The van der Waals surface area contributed by atoms with Crippen molar-refractivity contribution in [2.75, 3.05) is 0 Å². The van der Waals surface area contributed by atoms with Crippen LogP contribution in [0.5, 0.6) is 0 Å². The van der Waals surface area contributed by atoms with E-state index in [0.29, 0.717) is 5.82 Å². The number of aromatic amines is 1. The highest BCUT2D eigenvalue weighted by atomic mass is 32.1. The molecule has 2 bridgehead atoms. The van der Waals surface area contributed by atoms with E-state index in [2.05, 4.69) is 30.7 Å². The van der Waals surface area contributed by atoms with Gasteiger partial charge in [-0.2, -0.15) is 5.10 Å². The summed E-state index contributed by atoms with van der Waals surface area (Å²) in [6.45, 7) is 6.58. The number of fused-ring (bicyclic) bond motifs is 4. The van der Waals surface area contributed by atoms with Gasteiger partial charge in [-0.3, -0.25) is 0 Å². The van der Waals surface area contributed by atoms with Gasteiger partial charge in [0.1, 0.15) is 16.8 Å². The Labute approximate surface area is 160 Å². The largest absolute Gasteiger partial charge is 0.368 e. The number of rotatable bonds is 2. The minimum atomic E-state index is 0.0238. The van der Waals surface area contributed by atoms with Crippen molar-refractivity contribution < 1.29 is 9.16 Å². The van der Waals surface area contributed by atoms with Crippen LogP contribution in [0.4, 0.5) is 0 Å². The fourth-order valence-corrected chi connectivity index (χ4v) is 4.86. The molecule has 3 aromatic rings. The minimum Gasteiger partial charge on any atom is -0.368 e. The highest BCUT2D eigenvalue weighted by Crippen LogP contribution is 2.45. The van der Waals surface area contributed by atoms with Crippen molar-refractivity contribution in [1.29, 1.82) is 0 Å². The lowest BCUT2D eigenvalue weighted by atomic mass is 9.96. The van der Waals surface area contributed by atoms with Crippen molar-refractivity contribution in [1.82, 2.24) is 19.7 Å². The highest BCUT2D eigenvalue weighted by Gasteiger charge is 2.40. The molecule has 0 aliphatic carbocycles. The quantitative estimate of drug-likeness (QED) is 0.688. The lowest BCUT2D eigenvalue weighted by Crippen LogP contribution is -2.21. The van der Waals surface area contributed by atoms with E-state index in [0.717, 1.165) is 40.1 Å². The second-order valence-corrected chi connectivity index (χ2v) is 9.30. The summed E-state index contributed by atoms with van der Waals surface area (Å²) in [5, 5.41) is 5.82. The van der Waals surface area contributed by atoms with E-state index in [4.69, 9.17) is 9.84 Å². The average molecular weight is 384 g/mol. The lowest BCUT2D eigenvalue weighted by molar-refractivity contribution is -0.495. The lowest BCUT2D eigenvalue weighted by Gasteiger charge is -2.22. The summed E-state index contributed by atoms with van der Waals surface area (Å²) in [5.41, 5.74) is 3.23. The summed E-state index contributed by atoms with van der Waals surface area (Å²) < 4.78 is 8.76. The number of thiazole rings is 1.